The summed E-state index contributed by atoms with van der Waals surface area (Å²) >= 11 is 0. The van der Waals surface area contributed by atoms with Gasteiger partial charge in [-0.05, 0) is 91.0 Å². The third kappa shape index (κ3) is 4.06. The van der Waals surface area contributed by atoms with Crippen molar-refractivity contribution in [2.45, 2.75) is 53.4 Å². The first kappa shape index (κ1) is 18.9. The van der Waals surface area contributed by atoms with E-state index >= 15 is 0 Å². The molecule has 4 rings (SSSR count). The van der Waals surface area contributed by atoms with Crippen LogP contribution in [0.3, 0.4) is 0 Å². The van der Waals surface area contributed by atoms with Gasteiger partial charge in [-0.1, -0.05) is 52.0 Å². The molecule has 1 N–H and O–H groups in total. The Labute approximate surface area is 165 Å². The minimum atomic E-state index is 0.319. The van der Waals surface area contributed by atoms with E-state index in [0.717, 1.165) is 24.7 Å². The second-order valence-electron chi connectivity index (χ2n) is 10.2. The van der Waals surface area contributed by atoms with E-state index in [4.69, 9.17) is 4.98 Å². The van der Waals surface area contributed by atoms with E-state index in [0.29, 0.717) is 23.2 Å². The van der Waals surface area contributed by atoms with Crippen molar-refractivity contribution in [3.8, 4) is 0 Å². The topological polar surface area (TPSA) is 24.9 Å². The molecular formula is C25H36N2. The Kier molecular flexibility index (Phi) is 5.29. The van der Waals surface area contributed by atoms with Gasteiger partial charge in [0.2, 0.25) is 0 Å². The van der Waals surface area contributed by atoms with Gasteiger partial charge in [0.15, 0.2) is 0 Å². The summed E-state index contributed by atoms with van der Waals surface area (Å²) in [6, 6.07) is 2.35. The molecule has 2 aliphatic carbocycles. The van der Waals surface area contributed by atoms with Gasteiger partial charge in [0.1, 0.15) is 0 Å². The van der Waals surface area contributed by atoms with Gasteiger partial charge >= 0.3 is 0 Å². The molecule has 5 atom stereocenters. The smallest absolute Gasteiger partial charge is 0.0412 e. The molecule has 2 heterocycles. The van der Waals surface area contributed by atoms with Crippen molar-refractivity contribution in [1.82, 2.24) is 10.3 Å². The molecule has 5 unspecified atom stereocenters. The molecule has 0 aromatic carbocycles. The van der Waals surface area contributed by atoms with Crippen LogP contribution in [0.1, 0.15) is 57.4 Å². The molecule has 1 saturated heterocycles. The number of hydrogen-bond donors (Lipinski definition) is 1. The molecule has 1 aliphatic heterocycles. The van der Waals surface area contributed by atoms with Crippen molar-refractivity contribution < 1.29 is 0 Å². The number of nitrogens with zero attached hydrogens (tertiary/aromatic N) is 1. The Bertz CT molecular complexity index is 724. The molecule has 1 aromatic rings. The number of piperidine rings is 1. The minimum Gasteiger partial charge on any atom is -0.316 e. The monoisotopic (exact) mass is 364 g/mol. The number of hydrogen-bond acceptors (Lipinski definition) is 2. The highest BCUT2D eigenvalue weighted by molar-refractivity contribution is 5.57. The van der Waals surface area contributed by atoms with Crippen LogP contribution in [0.4, 0.5) is 0 Å². The van der Waals surface area contributed by atoms with E-state index in [1.165, 1.54) is 42.8 Å². The first-order valence-electron chi connectivity index (χ1n) is 10.9. The summed E-state index contributed by atoms with van der Waals surface area (Å²) in [7, 11) is 0. The SMILES string of the molecule is CC(Cc1cc2c(cn1)CC(C(C)(C)C)C=C2)C1C=CCC2CCNCC21. The average molecular weight is 365 g/mol. The fourth-order valence-corrected chi connectivity index (χ4v) is 5.41. The van der Waals surface area contributed by atoms with Crippen LogP contribution in [0.25, 0.3) is 6.08 Å². The third-order valence-electron chi connectivity index (χ3n) is 7.30. The third-order valence-corrected chi connectivity index (χ3v) is 7.30. The van der Waals surface area contributed by atoms with Crippen molar-refractivity contribution in [3.05, 3.63) is 47.3 Å². The second-order valence-corrected chi connectivity index (χ2v) is 10.2. The van der Waals surface area contributed by atoms with Crippen LogP contribution in [-0.4, -0.2) is 18.1 Å². The average Bonchev–Trinajstić information content (AvgIpc) is 2.66. The zero-order valence-electron chi connectivity index (χ0n) is 17.5. The summed E-state index contributed by atoms with van der Waals surface area (Å²) in [6.07, 6.45) is 16.7. The van der Waals surface area contributed by atoms with Gasteiger partial charge in [-0.25, -0.2) is 0 Å². The molecule has 27 heavy (non-hydrogen) atoms. The first-order valence-corrected chi connectivity index (χ1v) is 10.9. The van der Waals surface area contributed by atoms with Gasteiger partial charge in [0.05, 0.1) is 0 Å². The minimum absolute atomic E-state index is 0.319. The quantitative estimate of drug-likeness (QED) is 0.737. The molecule has 2 nitrogen and oxygen atoms in total. The molecule has 0 spiro atoms. The highest BCUT2D eigenvalue weighted by atomic mass is 14.9. The Balaban J connectivity index is 1.46. The van der Waals surface area contributed by atoms with Crippen LogP contribution in [0.5, 0.6) is 0 Å². The molecule has 3 aliphatic rings. The van der Waals surface area contributed by atoms with Gasteiger partial charge in [-0.15, -0.1) is 0 Å². The molecular weight excluding hydrogens is 328 g/mol. The van der Waals surface area contributed by atoms with E-state index in [1.54, 1.807) is 0 Å². The summed E-state index contributed by atoms with van der Waals surface area (Å²) in [4.78, 5) is 4.87. The summed E-state index contributed by atoms with van der Waals surface area (Å²) in [5.74, 6) is 3.64. The number of rotatable bonds is 3. The van der Waals surface area contributed by atoms with Gasteiger partial charge in [-0.2, -0.15) is 0 Å². The maximum absolute atomic E-state index is 4.87. The predicted octanol–water partition coefficient (Wildman–Crippen LogP) is 5.29. The van der Waals surface area contributed by atoms with Crippen molar-refractivity contribution in [1.29, 1.82) is 0 Å². The largest absolute Gasteiger partial charge is 0.316 e. The van der Waals surface area contributed by atoms with E-state index in [-0.39, 0.29) is 0 Å². The number of allylic oxidation sites excluding steroid dienone is 3. The molecule has 0 amide bonds. The Morgan fingerprint density at radius 2 is 2.11 bits per heavy atom. The Morgan fingerprint density at radius 3 is 2.93 bits per heavy atom. The number of pyridine rings is 1. The van der Waals surface area contributed by atoms with Crippen molar-refractivity contribution >= 4 is 6.08 Å². The Morgan fingerprint density at radius 1 is 1.26 bits per heavy atom. The van der Waals surface area contributed by atoms with Crippen molar-refractivity contribution in [2.75, 3.05) is 13.1 Å². The van der Waals surface area contributed by atoms with Crippen LogP contribution in [-0.2, 0) is 12.8 Å². The van der Waals surface area contributed by atoms with E-state index in [9.17, 15) is 0 Å². The maximum Gasteiger partial charge on any atom is 0.0412 e. The lowest BCUT2D eigenvalue weighted by Crippen LogP contribution is -2.43. The number of fused-ring (bicyclic) bond motifs is 2. The lowest BCUT2D eigenvalue weighted by atomic mass is 9.67. The number of nitrogens with one attached hydrogen (secondary N) is 1. The van der Waals surface area contributed by atoms with E-state index in [1.807, 2.05) is 0 Å². The van der Waals surface area contributed by atoms with Crippen molar-refractivity contribution in [2.24, 2.45) is 35.0 Å². The summed E-state index contributed by atoms with van der Waals surface area (Å²) in [5.41, 5.74) is 4.39. The molecule has 0 saturated carbocycles. The molecule has 1 fully saturated rings. The van der Waals surface area contributed by atoms with Crippen LogP contribution < -0.4 is 5.32 Å². The molecule has 2 heteroatoms. The zero-order chi connectivity index (χ0) is 19.0. The highest BCUT2D eigenvalue weighted by Gasteiger charge is 2.35. The molecule has 0 radical (unpaired) electrons. The normalized spacial score (nSPS) is 31.3. The fraction of sp³-hybridized carbons (Fsp3) is 0.640. The second kappa shape index (κ2) is 7.54. The highest BCUT2D eigenvalue weighted by Crippen LogP contribution is 2.39. The van der Waals surface area contributed by atoms with Gasteiger partial charge in [0, 0.05) is 11.9 Å². The Hall–Kier alpha value is -1.41. The first-order chi connectivity index (χ1) is 12.9. The summed E-state index contributed by atoms with van der Waals surface area (Å²) < 4.78 is 0. The van der Waals surface area contributed by atoms with Gasteiger partial charge in [-0.3, -0.25) is 4.98 Å². The lowest BCUT2D eigenvalue weighted by Gasteiger charge is -2.41. The summed E-state index contributed by atoms with van der Waals surface area (Å²) in [6.45, 7) is 11.8. The van der Waals surface area contributed by atoms with Crippen LogP contribution >= 0.6 is 0 Å². The van der Waals surface area contributed by atoms with E-state index in [2.05, 4.69) is 69.6 Å². The van der Waals surface area contributed by atoms with Gasteiger partial charge < -0.3 is 5.32 Å². The zero-order valence-corrected chi connectivity index (χ0v) is 17.5. The lowest BCUT2D eigenvalue weighted by molar-refractivity contribution is 0.154. The van der Waals surface area contributed by atoms with Gasteiger partial charge in [0.25, 0.3) is 0 Å². The molecule has 0 bridgehead atoms. The van der Waals surface area contributed by atoms with Crippen molar-refractivity contribution in [3.63, 3.8) is 0 Å². The van der Waals surface area contributed by atoms with Crippen LogP contribution in [0, 0.1) is 35.0 Å². The maximum atomic E-state index is 4.87. The number of aromatic nitrogens is 1. The summed E-state index contributed by atoms with van der Waals surface area (Å²) in [5, 5.41) is 3.63. The molecule has 146 valence electrons. The van der Waals surface area contributed by atoms with Crippen LogP contribution in [0.2, 0.25) is 0 Å². The van der Waals surface area contributed by atoms with Crippen LogP contribution in [0.15, 0.2) is 30.5 Å². The molecule has 1 aromatic heterocycles. The fourth-order valence-electron chi connectivity index (χ4n) is 5.41. The standard InChI is InChI=1S/C25H36N2/c1-17(23-7-5-6-18-10-11-26-16-24(18)23)12-22-14-19-8-9-21(25(2,3)4)13-20(19)15-27-22/h5,7-9,14-15,17-18,21,23-24,26H,6,10-13,16H2,1-4H3. The van der Waals surface area contributed by atoms with E-state index < -0.39 is 0 Å². The predicted molar refractivity (Wildman–Crippen MR) is 115 cm³/mol.